The molecule has 2 N–H and O–H groups in total. The summed E-state index contributed by atoms with van der Waals surface area (Å²) in [7, 11) is 0. The van der Waals surface area contributed by atoms with Crippen molar-refractivity contribution < 1.29 is 9.53 Å². The van der Waals surface area contributed by atoms with E-state index in [0.29, 0.717) is 18.7 Å². The Bertz CT molecular complexity index is 625. The van der Waals surface area contributed by atoms with Crippen LogP contribution < -0.4 is 10.5 Å². The maximum atomic E-state index is 12.3. The van der Waals surface area contributed by atoms with Crippen LogP contribution in [0.4, 0.5) is 0 Å². The molecule has 0 aliphatic carbocycles. The maximum Gasteiger partial charge on any atom is 0.253 e. The number of nitrogens with zero attached hydrogens (tertiary/aromatic N) is 1. The molecule has 0 radical (unpaired) electrons. The zero-order valence-electron chi connectivity index (χ0n) is 12.4. The minimum Gasteiger partial charge on any atom is -0.489 e. The molecule has 1 atom stereocenters. The van der Waals surface area contributed by atoms with Crippen molar-refractivity contribution in [3.63, 3.8) is 0 Å². The van der Waals surface area contributed by atoms with Crippen LogP contribution in [0.25, 0.3) is 0 Å². The fourth-order valence-corrected chi connectivity index (χ4v) is 2.58. The van der Waals surface area contributed by atoms with Crippen LogP contribution in [-0.4, -0.2) is 29.9 Å². The number of benzene rings is 2. The third kappa shape index (κ3) is 3.46. The standard InChI is InChI=1S/C18H20N2O2/c19-16-10-11-20(12-16)18(21)15-8-6-14(7-9-15)13-22-17-4-2-1-3-5-17/h1-9,16H,10-13,19H2. The monoisotopic (exact) mass is 296 g/mol. The Kier molecular flexibility index (Phi) is 4.39. The molecule has 1 fully saturated rings. The van der Waals surface area contributed by atoms with Gasteiger partial charge in [0, 0.05) is 24.7 Å². The highest BCUT2D eigenvalue weighted by Gasteiger charge is 2.24. The van der Waals surface area contributed by atoms with Gasteiger partial charge in [0.2, 0.25) is 0 Å². The van der Waals surface area contributed by atoms with Crippen molar-refractivity contribution in [2.24, 2.45) is 5.73 Å². The van der Waals surface area contributed by atoms with E-state index in [0.717, 1.165) is 24.3 Å². The van der Waals surface area contributed by atoms with Crippen LogP contribution in [0.5, 0.6) is 5.75 Å². The Morgan fingerprint density at radius 1 is 1.14 bits per heavy atom. The second-order valence-electron chi connectivity index (χ2n) is 5.60. The summed E-state index contributed by atoms with van der Waals surface area (Å²) in [6.45, 7) is 1.89. The van der Waals surface area contributed by atoms with Gasteiger partial charge >= 0.3 is 0 Å². The average Bonchev–Trinajstić information content (AvgIpc) is 3.00. The van der Waals surface area contributed by atoms with Gasteiger partial charge in [-0.05, 0) is 36.2 Å². The second kappa shape index (κ2) is 6.62. The lowest BCUT2D eigenvalue weighted by Crippen LogP contribution is -2.31. The SMILES string of the molecule is NC1CCN(C(=O)c2ccc(COc3ccccc3)cc2)C1. The molecule has 0 aromatic heterocycles. The third-order valence-electron chi connectivity index (χ3n) is 3.86. The molecule has 1 aliphatic heterocycles. The smallest absolute Gasteiger partial charge is 0.253 e. The first-order chi connectivity index (χ1) is 10.7. The van der Waals surface area contributed by atoms with E-state index >= 15 is 0 Å². The highest BCUT2D eigenvalue weighted by Crippen LogP contribution is 2.15. The average molecular weight is 296 g/mol. The summed E-state index contributed by atoms with van der Waals surface area (Å²) in [5, 5.41) is 0. The molecule has 22 heavy (non-hydrogen) atoms. The molecule has 1 amide bonds. The van der Waals surface area contributed by atoms with Crippen molar-refractivity contribution in [3.8, 4) is 5.75 Å². The minimum atomic E-state index is 0.0588. The number of amides is 1. The number of carbonyl (C=O) groups is 1. The number of rotatable bonds is 4. The van der Waals surface area contributed by atoms with Crippen molar-refractivity contribution >= 4 is 5.91 Å². The minimum absolute atomic E-state index is 0.0588. The van der Waals surface area contributed by atoms with Gasteiger partial charge in [-0.3, -0.25) is 4.79 Å². The van der Waals surface area contributed by atoms with Crippen molar-refractivity contribution in [2.75, 3.05) is 13.1 Å². The molecule has 0 bridgehead atoms. The molecule has 1 saturated heterocycles. The number of likely N-dealkylation sites (tertiary alicyclic amines) is 1. The number of para-hydroxylation sites is 1. The van der Waals surface area contributed by atoms with E-state index in [2.05, 4.69) is 0 Å². The first-order valence-electron chi connectivity index (χ1n) is 7.54. The van der Waals surface area contributed by atoms with Gasteiger partial charge in [0.25, 0.3) is 5.91 Å². The Morgan fingerprint density at radius 2 is 1.86 bits per heavy atom. The molecule has 1 aliphatic rings. The molecule has 4 nitrogen and oxygen atoms in total. The van der Waals surface area contributed by atoms with E-state index in [1.807, 2.05) is 59.5 Å². The van der Waals surface area contributed by atoms with Crippen LogP contribution in [0.2, 0.25) is 0 Å². The number of ether oxygens (including phenoxy) is 1. The van der Waals surface area contributed by atoms with Crippen molar-refractivity contribution in [1.82, 2.24) is 4.90 Å². The number of hydrogen-bond donors (Lipinski definition) is 1. The Hall–Kier alpha value is -2.33. The Morgan fingerprint density at radius 3 is 2.50 bits per heavy atom. The predicted octanol–water partition coefficient (Wildman–Crippen LogP) is 2.44. The summed E-state index contributed by atoms with van der Waals surface area (Å²) in [5.74, 6) is 0.900. The summed E-state index contributed by atoms with van der Waals surface area (Å²) in [6, 6.07) is 17.4. The van der Waals surface area contributed by atoms with Crippen molar-refractivity contribution in [2.45, 2.75) is 19.1 Å². The summed E-state index contributed by atoms with van der Waals surface area (Å²) in [4.78, 5) is 14.1. The summed E-state index contributed by atoms with van der Waals surface area (Å²) < 4.78 is 5.69. The van der Waals surface area contributed by atoms with Gasteiger partial charge < -0.3 is 15.4 Å². The summed E-state index contributed by atoms with van der Waals surface area (Å²) in [6.07, 6.45) is 0.884. The molecule has 2 aromatic rings. The van der Waals surface area contributed by atoms with Gasteiger partial charge in [0.15, 0.2) is 0 Å². The third-order valence-corrected chi connectivity index (χ3v) is 3.86. The molecular formula is C18H20N2O2. The van der Waals surface area contributed by atoms with E-state index in [1.54, 1.807) is 0 Å². The normalized spacial score (nSPS) is 17.5. The van der Waals surface area contributed by atoms with E-state index in [1.165, 1.54) is 0 Å². The molecule has 0 spiro atoms. The van der Waals surface area contributed by atoms with E-state index in [-0.39, 0.29) is 11.9 Å². The lowest BCUT2D eigenvalue weighted by molar-refractivity contribution is 0.0791. The Balaban J connectivity index is 1.59. The number of hydrogen-bond acceptors (Lipinski definition) is 3. The number of nitrogens with two attached hydrogens (primary N) is 1. The van der Waals surface area contributed by atoms with Crippen LogP contribution in [0.3, 0.4) is 0 Å². The van der Waals surface area contributed by atoms with Gasteiger partial charge in [-0.15, -0.1) is 0 Å². The highest BCUT2D eigenvalue weighted by atomic mass is 16.5. The molecular weight excluding hydrogens is 276 g/mol. The van der Waals surface area contributed by atoms with Gasteiger partial charge in [-0.2, -0.15) is 0 Å². The molecule has 0 saturated carbocycles. The van der Waals surface area contributed by atoms with Crippen LogP contribution in [0, 0.1) is 0 Å². The lowest BCUT2D eigenvalue weighted by atomic mass is 10.1. The van der Waals surface area contributed by atoms with Crippen LogP contribution >= 0.6 is 0 Å². The zero-order chi connectivity index (χ0) is 15.4. The zero-order valence-corrected chi connectivity index (χ0v) is 12.4. The molecule has 3 rings (SSSR count). The van der Waals surface area contributed by atoms with Crippen LogP contribution in [-0.2, 0) is 6.61 Å². The van der Waals surface area contributed by atoms with Gasteiger partial charge in [0.05, 0.1) is 0 Å². The van der Waals surface area contributed by atoms with Crippen molar-refractivity contribution in [1.29, 1.82) is 0 Å². The van der Waals surface area contributed by atoms with E-state index in [4.69, 9.17) is 10.5 Å². The summed E-state index contributed by atoms with van der Waals surface area (Å²) in [5.41, 5.74) is 7.60. The van der Waals surface area contributed by atoms with Gasteiger partial charge in [-0.1, -0.05) is 30.3 Å². The fourth-order valence-electron chi connectivity index (χ4n) is 2.58. The van der Waals surface area contributed by atoms with E-state index in [9.17, 15) is 4.79 Å². The topological polar surface area (TPSA) is 55.6 Å². The quantitative estimate of drug-likeness (QED) is 0.943. The summed E-state index contributed by atoms with van der Waals surface area (Å²) >= 11 is 0. The molecule has 4 heteroatoms. The second-order valence-corrected chi connectivity index (χ2v) is 5.60. The molecule has 1 unspecified atom stereocenters. The fraction of sp³-hybridized carbons (Fsp3) is 0.278. The maximum absolute atomic E-state index is 12.3. The van der Waals surface area contributed by atoms with Gasteiger partial charge in [-0.25, -0.2) is 0 Å². The lowest BCUT2D eigenvalue weighted by Gasteiger charge is -2.16. The van der Waals surface area contributed by atoms with E-state index < -0.39 is 0 Å². The van der Waals surface area contributed by atoms with Crippen LogP contribution in [0.1, 0.15) is 22.3 Å². The molecule has 1 heterocycles. The first kappa shape index (κ1) is 14.6. The van der Waals surface area contributed by atoms with Gasteiger partial charge in [0.1, 0.15) is 12.4 Å². The van der Waals surface area contributed by atoms with Crippen LogP contribution in [0.15, 0.2) is 54.6 Å². The molecule has 2 aromatic carbocycles. The largest absolute Gasteiger partial charge is 0.489 e. The first-order valence-corrected chi connectivity index (χ1v) is 7.54. The Labute approximate surface area is 130 Å². The molecule has 114 valence electrons. The van der Waals surface area contributed by atoms with Crippen molar-refractivity contribution in [3.05, 3.63) is 65.7 Å². The number of carbonyl (C=O) groups excluding carboxylic acids is 1. The highest BCUT2D eigenvalue weighted by molar-refractivity contribution is 5.94. The predicted molar refractivity (Wildman–Crippen MR) is 85.7 cm³/mol.